The summed E-state index contributed by atoms with van der Waals surface area (Å²) in [5.41, 5.74) is 1.31. The molecule has 1 unspecified atom stereocenters. The highest BCUT2D eigenvalue weighted by Crippen LogP contribution is 2.13. The first-order valence-corrected chi connectivity index (χ1v) is 7.54. The van der Waals surface area contributed by atoms with Gasteiger partial charge in [-0.1, -0.05) is 50.4 Å². The van der Waals surface area contributed by atoms with Gasteiger partial charge in [0.2, 0.25) is 0 Å². The Bertz CT molecular complexity index is 332. The highest BCUT2D eigenvalue weighted by molar-refractivity contribution is 6.30. The molecule has 1 atom stereocenters. The van der Waals surface area contributed by atoms with E-state index in [1.54, 1.807) is 0 Å². The Labute approximate surface area is 117 Å². The van der Waals surface area contributed by atoms with Crippen molar-refractivity contribution in [2.24, 2.45) is 0 Å². The normalized spacial score (nSPS) is 12.9. The van der Waals surface area contributed by atoms with Crippen molar-refractivity contribution in [3.8, 4) is 0 Å². The molecule has 18 heavy (non-hydrogen) atoms. The lowest BCUT2D eigenvalue weighted by molar-refractivity contribution is 0.395. The van der Waals surface area contributed by atoms with Crippen molar-refractivity contribution >= 4 is 11.6 Å². The van der Waals surface area contributed by atoms with Crippen LogP contribution in [0.3, 0.4) is 0 Å². The first-order valence-electron chi connectivity index (χ1n) is 7.16. The van der Waals surface area contributed by atoms with E-state index >= 15 is 0 Å². The summed E-state index contributed by atoms with van der Waals surface area (Å²) in [6.07, 6.45) is 6.09. The lowest BCUT2D eigenvalue weighted by Gasteiger charge is -2.23. The molecular formula is C16H26ClN. The molecule has 1 rings (SSSR count). The number of rotatable bonds is 8. The molecule has 2 heteroatoms. The molecule has 0 saturated heterocycles. The number of hydrogen-bond acceptors (Lipinski definition) is 1. The van der Waals surface area contributed by atoms with Crippen molar-refractivity contribution in [3.05, 3.63) is 34.9 Å². The van der Waals surface area contributed by atoms with Crippen LogP contribution in [0.25, 0.3) is 0 Å². The maximum absolute atomic E-state index is 6.01. The van der Waals surface area contributed by atoms with Gasteiger partial charge in [0.1, 0.15) is 0 Å². The average molecular weight is 268 g/mol. The smallest absolute Gasteiger partial charge is 0.0408 e. The van der Waals surface area contributed by atoms with E-state index in [1.807, 2.05) is 12.1 Å². The van der Waals surface area contributed by atoms with Gasteiger partial charge >= 0.3 is 0 Å². The Morgan fingerprint density at radius 3 is 2.39 bits per heavy atom. The fourth-order valence-electron chi connectivity index (χ4n) is 2.49. The van der Waals surface area contributed by atoms with Crippen molar-refractivity contribution in [2.75, 3.05) is 0 Å². The molecule has 0 spiro atoms. The zero-order valence-electron chi connectivity index (χ0n) is 11.9. The van der Waals surface area contributed by atoms with Crippen molar-refractivity contribution in [2.45, 2.75) is 65.0 Å². The van der Waals surface area contributed by atoms with Crippen molar-refractivity contribution in [1.29, 1.82) is 0 Å². The fourth-order valence-corrected chi connectivity index (χ4v) is 2.70. The van der Waals surface area contributed by atoms with Crippen LogP contribution in [0.5, 0.6) is 0 Å². The van der Waals surface area contributed by atoms with Crippen LogP contribution in [0.2, 0.25) is 5.02 Å². The van der Waals surface area contributed by atoms with Gasteiger partial charge in [-0.2, -0.15) is 0 Å². The molecule has 102 valence electrons. The number of benzene rings is 1. The summed E-state index contributed by atoms with van der Waals surface area (Å²) in [5.74, 6) is 0. The van der Waals surface area contributed by atoms with Crippen molar-refractivity contribution in [3.63, 3.8) is 0 Å². The van der Waals surface area contributed by atoms with Crippen LogP contribution >= 0.6 is 11.6 Å². The molecule has 0 heterocycles. The monoisotopic (exact) mass is 267 g/mol. The Morgan fingerprint density at radius 2 is 1.83 bits per heavy atom. The standard InChI is InChI=1S/C16H26ClN/c1-4-7-16(8-5-2)18-13(3)11-14-9-6-10-15(17)12-14/h6,9-10,12-13,16,18H,4-5,7-8,11H2,1-3H3. The van der Waals surface area contributed by atoms with Gasteiger partial charge < -0.3 is 5.32 Å². The van der Waals surface area contributed by atoms with Crippen molar-refractivity contribution < 1.29 is 0 Å². The molecule has 0 amide bonds. The second kappa shape index (κ2) is 8.55. The minimum Gasteiger partial charge on any atom is -0.311 e. The molecule has 0 saturated carbocycles. The molecule has 1 aromatic rings. The van der Waals surface area contributed by atoms with Crippen LogP contribution in [-0.4, -0.2) is 12.1 Å². The highest BCUT2D eigenvalue weighted by atomic mass is 35.5. The van der Waals surface area contributed by atoms with E-state index in [-0.39, 0.29) is 0 Å². The van der Waals surface area contributed by atoms with Crippen molar-refractivity contribution in [1.82, 2.24) is 5.32 Å². The van der Waals surface area contributed by atoms with Crippen LogP contribution in [0.1, 0.15) is 52.0 Å². The van der Waals surface area contributed by atoms with Gasteiger partial charge in [0.05, 0.1) is 0 Å². The van der Waals surface area contributed by atoms with Gasteiger partial charge in [-0.3, -0.25) is 0 Å². The predicted molar refractivity (Wildman–Crippen MR) is 81.4 cm³/mol. The number of nitrogens with one attached hydrogen (secondary N) is 1. The van der Waals surface area contributed by atoms with Crippen LogP contribution in [0.15, 0.2) is 24.3 Å². The zero-order valence-corrected chi connectivity index (χ0v) is 12.6. The van der Waals surface area contributed by atoms with E-state index in [4.69, 9.17) is 11.6 Å². The minimum atomic E-state index is 0.506. The molecule has 0 bridgehead atoms. The minimum absolute atomic E-state index is 0.506. The van der Waals surface area contributed by atoms with Gasteiger partial charge in [-0.15, -0.1) is 0 Å². The van der Waals surface area contributed by atoms with E-state index in [0.29, 0.717) is 12.1 Å². The summed E-state index contributed by atoms with van der Waals surface area (Å²) < 4.78 is 0. The second-order valence-electron chi connectivity index (χ2n) is 5.18. The molecule has 1 N–H and O–H groups in total. The largest absolute Gasteiger partial charge is 0.311 e. The van der Waals surface area contributed by atoms with Crippen LogP contribution in [0.4, 0.5) is 0 Å². The van der Waals surface area contributed by atoms with Crippen LogP contribution in [-0.2, 0) is 6.42 Å². The molecule has 0 aliphatic rings. The molecule has 1 nitrogen and oxygen atoms in total. The molecule has 0 radical (unpaired) electrons. The van der Waals surface area contributed by atoms with Gasteiger partial charge in [-0.25, -0.2) is 0 Å². The van der Waals surface area contributed by atoms with E-state index in [2.05, 4.69) is 38.2 Å². The maximum Gasteiger partial charge on any atom is 0.0408 e. The molecular weight excluding hydrogens is 242 g/mol. The summed E-state index contributed by atoms with van der Waals surface area (Å²) in [4.78, 5) is 0. The zero-order chi connectivity index (χ0) is 13.4. The molecule has 0 aliphatic heterocycles. The Morgan fingerprint density at radius 1 is 1.17 bits per heavy atom. The molecule has 0 aromatic heterocycles. The quantitative estimate of drug-likeness (QED) is 0.711. The number of hydrogen-bond donors (Lipinski definition) is 1. The Kier molecular flexibility index (Phi) is 7.38. The highest BCUT2D eigenvalue weighted by Gasteiger charge is 2.11. The predicted octanol–water partition coefficient (Wildman–Crippen LogP) is 4.83. The summed E-state index contributed by atoms with van der Waals surface area (Å²) in [6, 6.07) is 9.34. The van der Waals surface area contributed by atoms with Gasteiger partial charge in [0.15, 0.2) is 0 Å². The SMILES string of the molecule is CCCC(CCC)NC(C)Cc1cccc(Cl)c1. The van der Waals surface area contributed by atoms with Gasteiger partial charge in [0.25, 0.3) is 0 Å². The fraction of sp³-hybridized carbons (Fsp3) is 0.625. The van der Waals surface area contributed by atoms with E-state index < -0.39 is 0 Å². The molecule has 0 aliphatic carbocycles. The van der Waals surface area contributed by atoms with E-state index in [1.165, 1.54) is 31.2 Å². The Balaban J connectivity index is 2.46. The molecule has 1 aromatic carbocycles. The van der Waals surface area contributed by atoms with E-state index in [0.717, 1.165) is 11.4 Å². The lowest BCUT2D eigenvalue weighted by Crippen LogP contribution is -2.37. The van der Waals surface area contributed by atoms with Crippen LogP contribution < -0.4 is 5.32 Å². The van der Waals surface area contributed by atoms with E-state index in [9.17, 15) is 0 Å². The summed E-state index contributed by atoms with van der Waals surface area (Å²) in [7, 11) is 0. The second-order valence-corrected chi connectivity index (χ2v) is 5.61. The summed E-state index contributed by atoms with van der Waals surface area (Å²) in [5, 5.41) is 4.58. The van der Waals surface area contributed by atoms with Crippen LogP contribution in [0, 0.1) is 0 Å². The topological polar surface area (TPSA) is 12.0 Å². The third kappa shape index (κ3) is 5.88. The maximum atomic E-state index is 6.01. The number of halogens is 1. The summed E-state index contributed by atoms with van der Waals surface area (Å²) >= 11 is 6.01. The Hall–Kier alpha value is -0.530. The summed E-state index contributed by atoms with van der Waals surface area (Å²) in [6.45, 7) is 6.77. The first-order chi connectivity index (χ1) is 8.65. The third-order valence-corrected chi connectivity index (χ3v) is 3.46. The average Bonchev–Trinajstić information content (AvgIpc) is 2.29. The third-order valence-electron chi connectivity index (χ3n) is 3.23. The van der Waals surface area contributed by atoms with Gasteiger partial charge in [0, 0.05) is 17.1 Å². The molecule has 0 fully saturated rings. The van der Waals surface area contributed by atoms with Gasteiger partial charge in [-0.05, 0) is 43.9 Å². The lowest BCUT2D eigenvalue weighted by atomic mass is 10.0. The first kappa shape index (κ1) is 15.5.